The van der Waals surface area contributed by atoms with Gasteiger partial charge in [0.25, 0.3) is 11.8 Å². The third kappa shape index (κ3) is 5.86. The van der Waals surface area contributed by atoms with Crippen molar-refractivity contribution in [1.29, 1.82) is 0 Å². The maximum Gasteiger partial charge on any atom is 0.269 e. The molecule has 2 aromatic carbocycles. The van der Waals surface area contributed by atoms with Gasteiger partial charge in [0.05, 0.1) is 27.4 Å². The Labute approximate surface area is 170 Å². The highest BCUT2D eigenvalue weighted by molar-refractivity contribution is 5.99. The number of hydrogen-bond donors (Lipinski definition) is 2. The molecule has 29 heavy (non-hydrogen) atoms. The average Bonchev–Trinajstić information content (AvgIpc) is 2.75. The maximum atomic E-state index is 12.4. The molecule has 8 heteroatoms. The van der Waals surface area contributed by atoms with Crippen LogP contribution in [0.15, 0.2) is 36.4 Å². The van der Waals surface area contributed by atoms with Crippen LogP contribution in [-0.2, 0) is 11.3 Å². The van der Waals surface area contributed by atoms with Gasteiger partial charge in [-0.2, -0.15) is 0 Å². The lowest BCUT2D eigenvalue weighted by Gasteiger charge is -2.13. The molecule has 0 spiro atoms. The number of hydrazine groups is 1. The second-order valence-electron chi connectivity index (χ2n) is 5.87. The number of hydrogen-bond acceptors (Lipinski definition) is 6. The van der Waals surface area contributed by atoms with Gasteiger partial charge in [0.2, 0.25) is 0 Å². The number of ether oxygens (including phenoxy) is 4. The summed E-state index contributed by atoms with van der Waals surface area (Å²) in [7, 11) is 3.04. The van der Waals surface area contributed by atoms with E-state index < -0.39 is 11.8 Å². The predicted octanol–water partition coefficient (Wildman–Crippen LogP) is 2.71. The minimum absolute atomic E-state index is 0.317. The number of carbonyl (C=O) groups excluding carboxylic acids is 2. The van der Waals surface area contributed by atoms with E-state index in [9.17, 15) is 9.59 Å². The number of carbonyl (C=O) groups is 2. The predicted molar refractivity (Wildman–Crippen MR) is 107 cm³/mol. The Morgan fingerprint density at radius 1 is 0.793 bits per heavy atom. The van der Waals surface area contributed by atoms with Gasteiger partial charge in [-0.1, -0.05) is 0 Å². The third-order valence-electron chi connectivity index (χ3n) is 4.02. The van der Waals surface area contributed by atoms with Crippen LogP contribution in [0, 0.1) is 0 Å². The van der Waals surface area contributed by atoms with Gasteiger partial charge in [0, 0.05) is 23.3 Å². The Hall–Kier alpha value is -3.26. The van der Waals surface area contributed by atoms with Crippen LogP contribution in [0.1, 0.15) is 40.1 Å². The SMILES string of the molecule is CCOCc1cc(C(=O)NNC(=O)c2ccc(OCC)c(OC)c2)ccc1OC. The molecule has 2 rings (SSSR count). The lowest BCUT2D eigenvalue weighted by atomic mass is 10.1. The summed E-state index contributed by atoms with van der Waals surface area (Å²) in [5, 5.41) is 0. The van der Waals surface area contributed by atoms with E-state index in [1.807, 2.05) is 13.8 Å². The second kappa shape index (κ2) is 10.9. The van der Waals surface area contributed by atoms with E-state index in [0.717, 1.165) is 5.56 Å². The summed E-state index contributed by atoms with van der Waals surface area (Å²) in [6, 6.07) is 9.72. The highest BCUT2D eigenvalue weighted by Gasteiger charge is 2.14. The fourth-order valence-electron chi connectivity index (χ4n) is 2.59. The second-order valence-corrected chi connectivity index (χ2v) is 5.87. The topological polar surface area (TPSA) is 95.1 Å². The first-order chi connectivity index (χ1) is 14.0. The largest absolute Gasteiger partial charge is 0.496 e. The molecular weight excluding hydrogens is 376 g/mol. The van der Waals surface area contributed by atoms with Crippen molar-refractivity contribution in [3.8, 4) is 17.2 Å². The van der Waals surface area contributed by atoms with Crippen molar-refractivity contribution >= 4 is 11.8 Å². The monoisotopic (exact) mass is 402 g/mol. The Kier molecular flexibility index (Phi) is 8.29. The molecule has 0 aliphatic carbocycles. The van der Waals surface area contributed by atoms with E-state index in [0.29, 0.717) is 48.2 Å². The maximum absolute atomic E-state index is 12.4. The highest BCUT2D eigenvalue weighted by Crippen LogP contribution is 2.28. The summed E-state index contributed by atoms with van der Waals surface area (Å²) in [5.74, 6) is 0.650. The van der Waals surface area contributed by atoms with Crippen LogP contribution in [0.5, 0.6) is 17.2 Å². The molecule has 0 aromatic heterocycles. The van der Waals surface area contributed by atoms with Crippen LogP contribution < -0.4 is 25.1 Å². The van der Waals surface area contributed by atoms with Crippen molar-refractivity contribution in [2.45, 2.75) is 20.5 Å². The van der Waals surface area contributed by atoms with E-state index in [1.165, 1.54) is 7.11 Å². The Bertz CT molecular complexity index is 853. The van der Waals surface area contributed by atoms with E-state index in [2.05, 4.69) is 10.9 Å². The smallest absolute Gasteiger partial charge is 0.269 e. The third-order valence-corrected chi connectivity index (χ3v) is 4.02. The summed E-state index contributed by atoms with van der Waals surface area (Å²) < 4.78 is 21.3. The molecule has 2 N–H and O–H groups in total. The zero-order chi connectivity index (χ0) is 21.2. The van der Waals surface area contributed by atoms with E-state index in [-0.39, 0.29) is 0 Å². The van der Waals surface area contributed by atoms with Crippen molar-refractivity contribution in [2.75, 3.05) is 27.4 Å². The van der Waals surface area contributed by atoms with Crippen LogP contribution in [0.25, 0.3) is 0 Å². The van der Waals surface area contributed by atoms with Gasteiger partial charge in [-0.25, -0.2) is 0 Å². The number of amides is 2. The molecular formula is C21H26N2O6. The lowest BCUT2D eigenvalue weighted by Crippen LogP contribution is -2.41. The summed E-state index contributed by atoms with van der Waals surface area (Å²) in [6.07, 6.45) is 0. The quantitative estimate of drug-likeness (QED) is 0.626. The summed E-state index contributed by atoms with van der Waals surface area (Å²) in [4.78, 5) is 24.8. The van der Waals surface area contributed by atoms with Crippen LogP contribution in [-0.4, -0.2) is 39.2 Å². The first-order valence-corrected chi connectivity index (χ1v) is 9.20. The van der Waals surface area contributed by atoms with Crippen molar-refractivity contribution < 1.29 is 28.5 Å². The number of benzene rings is 2. The first kappa shape index (κ1) is 22.0. The van der Waals surface area contributed by atoms with Crippen molar-refractivity contribution in [1.82, 2.24) is 10.9 Å². The molecule has 8 nitrogen and oxygen atoms in total. The van der Waals surface area contributed by atoms with Gasteiger partial charge in [-0.15, -0.1) is 0 Å². The van der Waals surface area contributed by atoms with Crippen molar-refractivity contribution in [3.05, 3.63) is 53.1 Å². The molecule has 0 saturated heterocycles. The molecule has 0 bridgehead atoms. The molecule has 156 valence electrons. The van der Waals surface area contributed by atoms with Crippen molar-refractivity contribution in [3.63, 3.8) is 0 Å². The van der Waals surface area contributed by atoms with E-state index in [1.54, 1.807) is 43.5 Å². The van der Waals surface area contributed by atoms with Gasteiger partial charge in [0.1, 0.15) is 5.75 Å². The van der Waals surface area contributed by atoms with E-state index in [4.69, 9.17) is 18.9 Å². The Morgan fingerprint density at radius 3 is 1.93 bits per heavy atom. The Morgan fingerprint density at radius 2 is 1.38 bits per heavy atom. The summed E-state index contributed by atoms with van der Waals surface area (Å²) >= 11 is 0. The van der Waals surface area contributed by atoms with Crippen LogP contribution in [0.4, 0.5) is 0 Å². The Balaban J connectivity index is 2.05. The van der Waals surface area contributed by atoms with Gasteiger partial charge in [-0.05, 0) is 50.2 Å². The number of nitrogens with one attached hydrogen (secondary N) is 2. The zero-order valence-corrected chi connectivity index (χ0v) is 17.0. The summed E-state index contributed by atoms with van der Waals surface area (Å²) in [6.45, 7) is 5.08. The molecule has 0 fully saturated rings. The molecule has 2 amide bonds. The highest BCUT2D eigenvalue weighted by atomic mass is 16.5. The molecule has 0 unspecified atom stereocenters. The minimum atomic E-state index is -0.484. The molecule has 0 aliphatic rings. The first-order valence-electron chi connectivity index (χ1n) is 9.20. The van der Waals surface area contributed by atoms with Crippen LogP contribution in [0.2, 0.25) is 0 Å². The fourth-order valence-corrected chi connectivity index (χ4v) is 2.59. The van der Waals surface area contributed by atoms with E-state index >= 15 is 0 Å². The number of methoxy groups -OCH3 is 2. The normalized spacial score (nSPS) is 10.2. The van der Waals surface area contributed by atoms with Gasteiger partial charge < -0.3 is 18.9 Å². The van der Waals surface area contributed by atoms with Gasteiger partial charge in [0.15, 0.2) is 11.5 Å². The number of rotatable bonds is 9. The average molecular weight is 402 g/mol. The standard InChI is InChI=1S/C21H26N2O6/c1-5-28-13-16-11-14(7-9-17(16)26-3)20(24)22-23-21(25)15-8-10-18(29-6-2)19(12-15)27-4/h7-12H,5-6,13H2,1-4H3,(H,22,24)(H,23,25). The van der Waals surface area contributed by atoms with Gasteiger partial charge >= 0.3 is 0 Å². The van der Waals surface area contributed by atoms with Crippen molar-refractivity contribution in [2.24, 2.45) is 0 Å². The molecule has 2 aromatic rings. The fraction of sp³-hybridized carbons (Fsp3) is 0.333. The zero-order valence-electron chi connectivity index (χ0n) is 17.0. The van der Waals surface area contributed by atoms with Crippen LogP contribution >= 0.6 is 0 Å². The molecule has 0 atom stereocenters. The summed E-state index contributed by atoms with van der Waals surface area (Å²) in [5.41, 5.74) is 6.22. The van der Waals surface area contributed by atoms with Crippen LogP contribution in [0.3, 0.4) is 0 Å². The molecule has 0 saturated carbocycles. The molecule has 0 aliphatic heterocycles. The molecule has 0 radical (unpaired) electrons. The minimum Gasteiger partial charge on any atom is -0.496 e. The van der Waals surface area contributed by atoms with Gasteiger partial charge in [-0.3, -0.25) is 20.4 Å². The lowest BCUT2D eigenvalue weighted by molar-refractivity contribution is 0.0846. The molecule has 0 heterocycles.